The molecule has 26 heavy (non-hydrogen) atoms. The SMILES string of the molecule is C=CCOc1c(I)cc(/C=N\NC(=O)c2cc(Br)cc(Br)c2O)cc1I. The van der Waals surface area contributed by atoms with Gasteiger partial charge in [0, 0.05) is 4.47 Å². The number of hydrogen-bond donors (Lipinski definition) is 2. The zero-order valence-corrected chi connectivity index (χ0v) is 20.6. The first-order valence-corrected chi connectivity index (χ1v) is 10.8. The second-order valence-corrected chi connectivity index (χ2v) is 8.99. The molecule has 0 spiro atoms. The van der Waals surface area contributed by atoms with Crippen LogP contribution in [0.4, 0.5) is 0 Å². The fourth-order valence-corrected chi connectivity index (χ4v) is 5.25. The summed E-state index contributed by atoms with van der Waals surface area (Å²) in [7, 11) is 0. The number of benzene rings is 2. The molecular formula is C17H12Br2I2N2O3. The van der Waals surface area contributed by atoms with Gasteiger partial charge in [-0.2, -0.15) is 5.10 Å². The van der Waals surface area contributed by atoms with Gasteiger partial charge in [0.1, 0.15) is 18.1 Å². The predicted molar refractivity (Wildman–Crippen MR) is 126 cm³/mol. The van der Waals surface area contributed by atoms with Crippen molar-refractivity contribution in [1.29, 1.82) is 0 Å². The van der Waals surface area contributed by atoms with E-state index in [2.05, 4.69) is 94.1 Å². The summed E-state index contributed by atoms with van der Waals surface area (Å²) in [5, 5.41) is 13.9. The van der Waals surface area contributed by atoms with Crippen molar-refractivity contribution in [3.05, 3.63) is 64.1 Å². The number of amides is 1. The summed E-state index contributed by atoms with van der Waals surface area (Å²) >= 11 is 10.8. The zero-order chi connectivity index (χ0) is 19.3. The van der Waals surface area contributed by atoms with Gasteiger partial charge in [-0.05, 0) is 90.9 Å². The Morgan fingerprint density at radius 2 is 1.92 bits per heavy atom. The smallest absolute Gasteiger partial charge is 0.275 e. The lowest BCUT2D eigenvalue weighted by Crippen LogP contribution is -2.18. The van der Waals surface area contributed by atoms with Crippen molar-refractivity contribution in [3.63, 3.8) is 0 Å². The molecule has 136 valence electrons. The number of ether oxygens (including phenoxy) is 1. The van der Waals surface area contributed by atoms with Crippen molar-refractivity contribution in [2.45, 2.75) is 0 Å². The standard InChI is InChI=1S/C17H12Br2I2N2O3/c1-2-3-26-16-13(20)4-9(5-14(16)21)8-22-23-17(25)11-6-10(18)7-12(19)15(11)24/h2,4-8,24H,1,3H2,(H,23,25)/b22-8-. The van der Waals surface area contributed by atoms with E-state index in [0.29, 0.717) is 15.6 Å². The van der Waals surface area contributed by atoms with Crippen molar-refractivity contribution < 1.29 is 14.6 Å². The fraction of sp³-hybridized carbons (Fsp3) is 0.0588. The molecule has 0 atom stereocenters. The van der Waals surface area contributed by atoms with E-state index >= 15 is 0 Å². The van der Waals surface area contributed by atoms with E-state index in [1.807, 2.05) is 12.1 Å². The van der Waals surface area contributed by atoms with Gasteiger partial charge in [-0.1, -0.05) is 28.6 Å². The van der Waals surface area contributed by atoms with E-state index in [4.69, 9.17) is 4.74 Å². The molecule has 0 bridgehead atoms. The molecule has 0 aliphatic heterocycles. The van der Waals surface area contributed by atoms with Crippen LogP contribution in [0.15, 0.2) is 51.0 Å². The van der Waals surface area contributed by atoms with Crippen LogP contribution in [0.5, 0.6) is 11.5 Å². The van der Waals surface area contributed by atoms with Crippen molar-refractivity contribution >= 4 is 89.2 Å². The number of hydrogen-bond acceptors (Lipinski definition) is 4. The van der Waals surface area contributed by atoms with E-state index in [9.17, 15) is 9.90 Å². The maximum atomic E-state index is 12.2. The van der Waals surface area contributed by atoms with Crippen molar-refractivity contribution in [2.24, 2.45) is 5.10 Å². The first-order chi connectivity index (χ1) is 12.3. The minimum atomic E-state index is -0.518. The summed E-state index contributed by atoms with van der Waals surface area (Å²) in [5.74, 6) is 0.126. The molecule has 2 aromatic rings. The first kappa shape index (κ1) is 21.6. The Labute approximate surface area is 194 Å². The van der Waals surface area contributed by atoms with Crippen LogP contribution < -0.4 is 10.2 Å². The molecule has 0 aliphatic carbocycles. The van der Waals surface area contributed by atoms with Crippen LogP contribution in [0.3, 0.4) is 0 Å². The quantitative estimate of drug-likeness (QED) is 0.182. The third-order valence-corrected chi connectivity index (χ3v) is 5.68. The molecule has 0 unspecified atom stereocenters. The largest absolute Gasteiger partial charge is 0.506 e. The Bertz CT molecular complexity index is 866. The first-order valence-electron chi connectivity index (χ1n) is 7.07. The lowest BCUT2D eigenvalue weighted by molar-refractivity contribution is 0.0952. The van der Waals surface area contributed by atoms with Gasteiger partial charge >= 0.3 is 0 Å². The molecule has 0 aliphatic rings. The Balaban J connectivity index is 2.13. The van der Waals surface area contributed by atoms with Crippen LogP contribution in [0.1, 0.15) is 15.9 Å². The molecule has 1 amide bonds. The van der Waals surface area contributed by atoms with Gasteiger partial charge in [0.25, 0.3) is 5.91 Å². The fourth-order valence-electron chi connectivity index (χ4n) is 1.90. The summed E-state index contributed by atoms with van der Waals surface area (Å²) in [4.78, 5) is 12.2. The zero-order valence-electron chi connectivity index (χ0n) is 13.1. The Morgan fingerprint density at radius 3 is 2.54 bits per heavy atom. The third-order valence-electron chi connectivity index (χ3n) is 3.02. The van der Waals surface area contributed by atoms with Crippen LogP contribution in [0, 0.1) is 7.14 Å². The van der Waals surface area contributed by atoms with E-state index in [0.717, 1.165) is 18.5 Å². The van der Waals surface area contributed by atoms with Crippen molar-refractivity contribution in [3.8, 4) is 11.5 Å². The molecule has 0 saturated heterocycles. The molecule has 9 heteroatoms. The van der Waals surface area contributed by atoms with Gasteiger partial charge in [-0.15, -0.1) is 0 Å². The average molecular weight is 706 g/mol. The van der Waals surface area contributed by atoms with E-state index in [1.54, 1.807) is 12.1 Å². The number of halogens is 4. The third kappa shape index (κ3) is 5.67. The van der Waals surface area contributed by atoms with E-state index in [-0.39, 0.29) is 11.3 Å². The van der Waals surface area contributed by atoms with E-state index < -0.39 is 5.91 Å². The topological polar surface area (TPSA) is 70.9 Å². The van der Waals surface area contributed by atoms with Gasteiger partial charge in [0.2, 0.25) is 0 Å². The number of aromatic hydroxyl groups is 1. The summed E-state index contributed by atoms with van der Waals surface area (Å²) < 4.78 is 8.56. The maximum Gasteiger partial charge on any atom is 0.275 e. The normalized spacial score (nSPS) is 10.8. The molecule has 0 saturated carbocycles. The Hall–Kier alpha value is -0.660. The molecule has 2 rings (SSSR count). The molecule has 5 nitrogen and oxygen atoms in total. The highest BCUT2D eigenvalue weighted by Gasteiger charge is 2.14. The highest BCUT2D eigenvalue weighted by molar-refractivity contribution is 14.1. The monoisotopic (exact) mass is 704 g/mol. The average Bonchev–Trinajstić information content (AvgIpc) is 2.57. The van der Waals surface area contributed by atoms with Gasteiger partial charge < -0.3 is 9.84 Å². The van der Waals surface area contributed by atoms with Gasteiger partial charge in [0.15, 0.2) is 0 Å². The molecule has 0 aromatic heterocycles. The number of hydrazone groups is 1. The number of carbonyl (C=O) groups is 1. The van der Waals surface area contributed by atoms with Gasteiger partial charge in [-0.25, -0.2) is 5.43 Å². The molecule has 0 fully saturated rings. The molecule has 2 aromatic carbocycles. The number of phenols is 1. The minimum Gasteiger partial charge on any atom is -0.506 e. The molecule has 2 N–H and O–H groups in total. The van der Waals surface area contributed by atoms with Crippen molar-refractivity contribution in [1.82, 2.24) is 5.43 Å². The summed E-state index contributed by atoms with van der Waals surface area (Å²) in [6.45, 7) is 4.07. The van der Waals surface area contributed by atoms with Gasteiger partial charge in [0.05, 0.1) is 23.4 Å². The highest BCUT2D eigenvalue weighted by Crippen LogP contribution is 2.31. The number of phenolic OH excluding ortho intramolecular Hbond substituents is 1. The molecular weight excluding hydrogens is 694 g/mol. The second-order valence-electron chi connectivity index (χ2n) is 4.90. The number of nitrogens with zero attached hydrogens (tertiary/aromatic N) is 1. The van der Waals surface area contributed by atoms with Crippen LogP contribution in [0.25, 0.3) is 0 Å². The Morgan fingerprint density at radius 1 is 1.27 bits per heavy atom. The predicted octanol–water partition coefficient (Wildman–Crippen LogP) is 5.46. The maximum absolute atomic E-state index is 12.2. The van der Waals surface area contributed by atoms with Crippen molar-refractivity contribution in [2.75, 3.05) is 6.61 Å². The summed E-state index contributed by atoms with van der Waals surface area (Å²) in [5.41, 5.74) is 3.33. The lowest BCUT2D eigenvalue weighted by Gasteiger charge is -2.09. The molecule has 0 heterocycles. The number of nitrogens with one attached hydrogen (secondary N) is 1. The van der Waals surface area contributed by atoms with Crippen LogP contribution in [0.2, 0.25) is 0 Å². The second kappa shape index (κ2) is 10.0. The van der Waals surface area contributed by atoms with Crippen LogP contribution in [-0.4, -0.2) is 23.8 Å². The lowest BCUT2D eigenvalue weighted by atomic mass is 10.2. The van der Waals surface area contributed by atoms with Crippen LogP contribution >= 0.6 is 77.0 Å². The number of rotatable bonds is 6. The van der Waals surface area contributed by atoms with E-state index in [1.165, 1.54) is 12.3 Å². The number of carbonyl (C=O) groups excluding carboxylic acids is 1. The minimum absolute atomic E-state index is 0.112. The summed E-state index contributed by atoms with van der Waals surface area (Å²) in [6.07, 6.45) is 3.22. The van der Waals surface area contributed by atoms with Crippen LogP contribution in [-0.2, 0) is 0 Å². The summed E-state index contributed by atoms with van der Waals surface area (Å²) in [6, 6.07) is 6.95. The highest BCUT2D eigenvalue weighted by atomic mass is 127. The molecule has 0 radical (unpaired) electrons. The van der Waals surface area contributed by atoms with Gasteiger partial charge in [-0.3, -0.25) is 4.79 Å². The Kier molecular flexibility index (Phi) is 8.36.